The third-order valence-corrected chi connectivity index (χ3v) is 2.14. The zero-order chi connectivity index (χ0) is 10.1. The van der Waals surface area contributed by atoms with E-state index in [0.29, 0.717) is 0 Å². The van der Waals surface area contributed by atoms with Crippen molar-refractivity contribution < 1.29 is 4.74 Å². The molecule has 0 aromatic heterocycles. The smallest absolute Gasteiger partial charge is 0.0716 e. The normalized spacial score (nSPS) is 10.4. The second-order valence-corrected chi connectivity index (χ2v) is 3.44. The quantitative estimate of drug-likeness (QED) is 0.598. The van der Waals surface area contributed by atoms with Gasteiger partial charge in [-0.2, -0.15) is 0 Å². The molecule has 0 bridgehead atoms. The molecule has 1 aromatic carbocycles. The van der Waals surface area contributed by atoms with Crippen LogP contribution in [0.25, 0.3) is 0 Å². The zero-order valence-corrected chi connectivity index (χ0v) is 8.91. The number of benzene rings is 1. The highest BCUT2D eigenvalue weighted by molar-refractivity contribution is 5.13. The standard InChI is InChI=1S/C13H19O/c1-2-3-4-8-11-14-12-13-9-6-5-7-10-13/h2,5-7,9-10H,3-4,8,11-12H2,1H3. The summed E-state index contributed by atoms with van der Waals surface area (Å²) in [5.74, 6) is 0. The molecule has 1 rings (SSSR count). The fraction of sp³-hybridized carbons (Fsp3) is 0.462. The summed E-state index contributed by atoms with van der Waals surface area (Å²) in [5, 5.41) is 0. The second kappa shape index (κ2) is 7.57. The lowest BCUT2D eigenvalue weighted by atomic mass is 10.2. The van der Waals surface area contributed by atoms with Crippen molar-refractivity contribution in [3.05, 3.63) is 42.3 Å². The average molecular weight is 191 g/mol. The van der Waals surface area contributed by atoms with E-state index in [4.69, 9.17) is 4.74 Å². The first-order chi connectivity index (χ1) is 6.93. The number of hydrogen-bond acceptors (Lipinski definition) is 1. The van der Waals surface area contributed by atoms with E-state index >= 15 is 0 Å². The Labute approximate surface area is 87.1 Å². The molecule has 0 spiro atoms. The Bertz CT molecular complexity index is 218. The highest BCUT2D eigenvalue weighted by Crippen LogP contribution is 2.03. The fourth-order valence-corrected chi connectivity index (χ4v) is 1.32. The first-order valence-corrected chi connectivity index (χ1v) is 5.33. The maximum atomic E-state index is 5.55. The molecule has 0 saturated carbocycles. The van der Waals surface area contributed by atoms with E-state index in [2.05, 4.69) is 25.5 Å². The lowest BCUT2D eigenvalue weighted by Crippen LogP contribution is -1.95. The van der Waals surface area contributed by atoms with Gasteiger partial charge in [-0.05, 0) is 18.4 Å². The summed E-state index contributed by atoms with van der Waals surface area (Å²) in [6, 6.07) is 10.3. The van der Waals surface area contributed by atoms with Crippen molar-refractivity contribution in [2.45, 2.75) is 32.8 Å². The van der Waals surface area contributed by atoms with Gasteiger partial charge in [-0.1, -0.05) is 50.1 Å². The summed E-state index contributed by atoms with van der Waals surface area (Å²) in [5.41, 5.74) is 1.26. The number of rotatable bonds is 7. The van der Waals surface area contributed by atoms with Crippen LogP contribution in [0.5, 0.6) is 0 Å². The van der Waals surface area contributed by atoms with Crippen LogP contribution in [-0.4, -0.2) is 6.61 Å². The summed E-state index contributed by atoms with van der Waals surface area (Å²) in [6.07, 6.45) is 5.81. The van der Waals surface area contributed by atoms with Gasteiger partial charge in [0.1, 0.15) is 0 Å². The maximum Gasteiger partial charge on any atom is 0.0716 e. The van der Waals surface area contributed by atoms with Crippen molar-refractivity contribution >= 4 is 0 Å². The van der Waals surface area contributed by atoms with Gasteiger partial charge in [0.15, 0.2) is 0 Å². The number of unbranched alkanes of at least 4 members (excludes halogenated alkanes) is 3. The Morgan fingerprint density at radius 2 is 1.93 bits per heavy atom. The van der Waals surface area contributed by atoms with Gasteiger partial charge in [-0.15, -0.1) is 0 Å². The largest absolute Gasteiger partial charge is 0.377 e. The Balaban J connectivity index is 1.99. The molecule has 1 radical (unpaired) electrons. The third kappa shape index (κ3) is 5.03. The van der Waals surface area contributed by atoms with E-state index in [0.717, 1.165) is 19.6 Å². The molecule has 0 saturated heterocycles. The molecule has 0 heterocycles. The Kier molecular flexibility index (Phi) is 6.09. The summed E-state index contributed by atoms with van der Waals surface area (Å²) in [4.78, 5) is 0. The lowest BCUT2D eigenvalue weighted by Gasteiger charge is -2.03. The Morgan fingerprint density at radius 1 is 1.14 bits per heavy atom. The van der Waals surface area contributed by atoms with Gasteiger partial charge in [0.25, 0.3) is 0 Å². The summed E-state index contributed by atoms with van der Waals surface area (Å²) >= 11 is 0. The minimum Gasteiger partial charge on any atom is -0.377 e. The fourth-order valence-electron chi connectivity index (χ4n) is 1.32. The van der Waals surface area contributed by atoms with E-state index < -0.39 is 0 Å². The van der Waals surface area contributed by atoms with Crippen molar-refractivity contribution in [1.82, 2.24) is 0 Å². The summed E-state index contributed by atoms with van der Waals surface area (Å²) < 4.78 is 5.55. The van der Waals surface area contributed by atoms with Gasteiger partial charge in [0, 0.05) is 6.61 Å². The van der Waals surface area contributed by atoms with Crippen LogP contribution in [0.2, 0.25) is 0 Å². The van der Waals surface area contributed by atoms with Crippen LogP contribution in [0.1, 0.15) is 31.7 Å². The molecule has 1 heteroatoms. The molecule has 1 aromatic rings. The van der Waals surface area contributed by atoms with Gasteiger partial charge in [-0.3, -0.25) is 0 Å². The molecule has 0 unspecified atom stereocenters. The van der Waals surface area contributed by atoms with Crippen molar-refractivity contribution in [3.8, 4) is 0 Å². The SMILES string of the molecule is C[CH]CCCCOCc1ccccc1. The van der Waals surface area contributed by atoms with Crippen molar-refractivity contribution in [3.63, 3.8) is 0 Å². The van der Waals surface area contributed by atoms with Crippen LogP contribution in [-0.2, 0) is 11.3 Å². The molecule has 14 heavy (non-hydrogen) atoms. The topological polar surface area (TPSA) is 9.23 Å². The molecular formula is C13H19O. The lowest BCUT2D eigenvalue weighted by molar-refractivity contribution is 0.117. The van der Waals surface area contributed by atoms with E-state index in [-0.39, 0.29) is 0 Å². The molecule has 0 aliphatic rings. The highest BCUT2D eigenvalue weighted by Gasteiger charge is 1.91. The van der Waals surface area contributed by atoms with Gasteiger partial charge < -0.3 is 4.74 Å². The molecule has 0 amide bonds. The van der Waals surface area contributed by atoms with Crippen LogP contribution in [0.4, 0.5) is 0 Å². The zero-order valence-electron chi connectivity index (χ0n) is 8.91. The van der Waals surface area contributed by atoms with Gasteiger partial charge in [0.2, 0.25) is 0 Å². The molecule has 0 aliphatic carbocycles. The summed E-state index contributed by atoms with van der Waals surface area (Å²) in [6.45, 7) is 3.73. The van der Waals surface area contributed by atoms with Crippen molar-refractivity contribution in [1.29, 1.82) is 0 Å². The first kappa shape index (κ1) is 11.3. The summed E-state index contributed by atoms with van der Waals surface area (Å²) in [7, 11) is 0. The van der Waals surface area contributed by atoms with E-state index in [1.165, 1.54) is 18.4 Å². The van der Waals surface area contributed by atoms with Crippen LogP contribution >= 0.6 is 0 Å². The van der Waals surface area contributed by atoms with Crippen molar-refractivity contribution in [2.24, 2.45) is 0 Å². The Morgan fingerprint density at radius 3 is 2.64 bits per heavy atom. The van der Waals surface area contributed by atoms with Gasteiger partial charge in [-0.25, -0.2) is 0 Å². The molecule has 77 valence electrons. The molecular weight excluding hydrogens is 172 g/mol. The molecule has 0 fully saturated rings. The van der Waals surface area contributed by atoms with Crippen LogP contribution in [0.3, 0.4) is 0 Å². The van der Waals surface area contributed by atoms with E-state index in [1.807, 2.05) is 18.2 Å². The predicted octanol–water partition coefficient (Wildman–Crippen LogP) is 3.60. The minimum absolute atomic E-state index is 0.747. The molecule has 0 atom stereocenters. The number of hydrogen-bond donors (Lipinski definition) is 0. The van der Waals surface area contributed by atoms with Crippen LogP contribution < -0.4 is 0 Å². The van der Waals surface area contributed by atoms with Gasteiger partial charge in [0.05, 0.1) is 6.61 Å². The Hall–Kier alpha value is -0.820. The molecule has 0 N–H and O–H groups in total. The van der Waals surface area contributed by atoms with Crippen molar-refractivity contribution in [2.75, 3.05) is 6.61 Å². The molecule has 0 aliphatic heterocycles. The monoisotopic (exact) mass is 191 g/mol. The van der Waals surface area contributed by atoms with Crippen LogP contribution in [0, 0.1) is 6.42 Å². The average Bonchev–Trinajstić information content (AvgIpc) is 2.25. The second-order valence-electron chi connectivity index (χ2n) is 3.44. The van der Waals surface area contributed by atoms with E-state index in [1.54, 1.807) is 0 Å². The van der Waals surface area contributed by atoms with Crippen LogP contribution in [0.15, 0.2) is 30.3 Å². The van der Waals surface area contributed by atoms with Gasteiger partial charge >= 0.3 is 0 Å². The highest BCUT2D eigenvalue weighted by atomic mass is 16.5. The van der Waals surface area contributed by atoms with E-state index in [9.17, 15) is 0 Å². The number of ether oxygens (including phenoxy) is 1. The molecule has 1 nitrogen and oxygen atoms in total. The minimum atomic E-state index is 0.747. The first-order valence-electron chi connectivity index (χ1n) is 5.33. The third-order valence-electron chi connectivity index (χ3n) is 2.14. The predicted molar refractivity (Wildman–Crippen MR) is 59.9 cm³/mol. The maximum absolute atomic E-state index is 5.55.